The molecule has 0 aliphatic heterocycles. The predicted molar refractivity (Wildman–Crippen MR) is 79.0 cm³/mol. The largest absolute Gasteiger partial charge is 0.255 e. The number of aryl methyl sites for hydroxylation is 2. The van der Waals surface area contributed by atoms with Crippen LogP contribution in [0.1, 0.15) is 16.8 Å². The number of benzene rings is 1. The molecule has 0 amide bonds. The molecule has 0 saturated carbocycles. The predicted octanol–water partition coefficient (Wildman–Crippen LogP) is 3.08. The molecule has 0 N–H and O–H groups in total. The summed E-state index contributed by atoms with van der Waals surface area (Å²) in [5, 5.41) is 8.09. The van der Waals surface area contributed by atoms with Gasteiger partial charge in [0.15, 0.2) is 0 Å². The third-order valence-electron chi connectivity index (χ3n) is 3.35. The summed E-state index contributed by atoms with van der Waals surface area (Å²) in [6.07, 6.45) is 2.60. The lowest BCUT2D eigenvalue weighted by molar-refractivity contribution is 0.528. The summed E-state index contributed by atoms with van der Waals surface area (Å²) < 4.78 is 1.69. The van der Waals surface area contributed by atoms with Crippen LogP contribution >= 0.6 is 23.2 Å². The standard InChI is InChI=1S/C14H17Cl2N3/c1-11-3-5-12(6-4-11)14(9-15,10-16)7-13-8-19(2)18-17-13/h3-6,8H,7,9-10H2,1-2H3. The minimum Gasteiger partial charge on any atom is -0.255 e. The summed E-state index contributed by atoms with van der Waals surface area (Å²) in [5.74, 6) is 0.909. The van der Waals surface area contributed by atoms with Crippen LogP contribution in [0.3, 0.4) is 0 Å². The van der Waals surface area contributed by atoms with Crippen molar-refractivity contribution in [2.75, 3.05) is 11.8 Å². The number of aromatic nitrogens is 3. The van der Waals surface area contributed by atoms with Crippen LogP contribution in [0.15, 0.2) is 30.5 Å². The van der Waals surface area contributed by atoms with E-state index in [0.717, 1.165) is 11.3 Å². The molecular formula is C14H17Cl2N3. The number of rotatable bonds is 5. The summed E-state index contributed by atoms with van der Waals surface area (Å²) in [6, 6.07) is 8.35. The Bertz CT molecular complexity index is 530. The Morgan fingerprint density at radius 2 is 1.79 bits per heavy atom. The summed E-state index contributed by atoms with van der Waals surface area (Å²) in [4.78, 5) is 0. The van der Waals surface area contributed by atoms with Crippen LogP contribution in [-0.4, -0.2) is 26.8 Å². The molecule has 0 radical (unpaired) electrons. The molecule has 3 nitrogen and oxygen atoms in total. The van der Waals surface area contributed by atoms with E-state index in [1.54, 1.807) is 4.68 Å². The minimum absolute atomic E-state index is 0.299. The Balaban J connectivity index is 2.33. The lowest BCUT2D eigenvalue weighted by Gasteiger charge is -2.29. The van der Waals surface area contributed by atoms with Crippen molar-refractivity contribution in [3.63, 3.8) is 0 Å². The number of halogens is 2. The second kappa shape index (κ2) is 5.93. The van der Waals surface area contributed by atoms with Crippen LogP contribution in [0.5, 0.6) is 0 Å². The Hall–Kier alpha value is -1.06. The molecule has 0 fully saturated rings. The Morgan fingerprint density at radius 3 is 2.26 bits per heavy atom. The zero-order valence-corrected chi connectivity index (χ0v) is 12.6. The van der Waals surface area contributed by atoms with E-state index < -0.39 is 0 Å². The maximum absolute atomic E-state index is 6.22. The molecule has 0 aliphatic rings. The summed E-state index contributed by atoms with van der Waals surface area (Å²) in [5.41, 5.74) is 2.98. The van der Waals surface area contributed by atoms with E-state index in [0.29, 0.717) is 18.2 Å². The van der Waals surface area contributed by atoms with Crippen molar-refractivity contribution in [2.45, 2.75) is 18.8 Å². The van der Waals surface area contributed by atoms with Gasteiger partial charge in [-0.25, -0.2) is 0 Å². The normalized spacial score (nSPS) is 11.8. The van der Waals surface area contributed by atoms with E-state index in [2.05, 4.69) is 41.5 Å². The van der Waals surface area contributed by atoms with Crippen molar-refractivity contribution in [1.29, 1.82) is 0 Å². The Morgan fingerprint density at radius 1 is 1.16 bits per heavy atom. The van der Waals surface area contributed by atoms with E-state index >= 15 is 0 Å². The van der Waals surface area contributed by atoms with Crippen molar-refractivity contribution < 1.29 is 0 Å². The number of hydrogen-bond acceptors (Lipinski definition) is 2. The van der Waals surface area contributed by atoms with Crippen molar-refractivity contribution in [3.05, 3.63) is 47.3 Å². The fourth-order valence-corrected chi connectivity index (χ4v) is 2.90. The molecule has 19 heavy (non-hydrogen) atoms. The highest BCUT2D eigenvalue weighted by atomic mass is 35.5. The quantitative estimate of drug-likeness (QED) is 0.794. The van der Waals surface area contributed by atoms with Crippen molar-refractivity contribution in [3.8, 4) is 0 Å². The van der Waals surface area contributed by atoms with Crippen LogP contribution in [0, 0.1) is 6.92 Å². The van der Waals surface area contributed by atoms with Crippen LogP contribution in [0.4, 0.5) is 0 Å². The van der Waals surface area contributed by atoms with Gasteiger partial charge in [-0.3, -0.25) is 4.68 Å². The summed E-state index contributed by atoms with van der Waals surface area (Å²) >= 11 is 12.4. The van der Waals surface area contributed by atoms with Crippen LogP contribution in [0.2, 0.25) is 0 Å². The molecule has 0 spiro atoms. The third-order valence-corrected chi connectivity index (χ3v) is 4.37. The molecule has 102 valence electrons. The molecular weight excluding hydrogens is 281 g/mol. The highest BCUT2D eigenvalue weighted by Crippen LogP contribution is 2.31. The molecule has 1 aromatic heterocycles. The second-order valence-electron chi connectivity index (χ2n) is 4.97. The van der Waals surface area contributed by atoms with E-state index in [1.165, 1.54) is 5.56 Å². The first-order valence-electron chi connectivity index (χ1n) is 6.14. The first-order chi connectivity index (χ1) is 9.09. The molecule has 0 atom stereocenters. The first-order valence-corrected chi connectivity index (χ1v) is 7.21. The lowest BCUT2D eigenvalue weighted by Crippen LogP contribution is -2.33. The molecule has 0 aliphatic carbocycles. The van der Waals surface area contributed by atoms with Gasteiger partial charge >= 0.3 is 0 Å². The van der Waals surface area contributed by atoms with E-state index in [4.69, 9.17) is 23.2 Å². The van der Waals surface area contributed by atoms with Gasteiger partial charge < -0.3 is 0 Å². The van der Waals surface area contributed by atoms with Crippen LogP contribution < -0.4 is 0 Å². The number of alkyl halides is 2. The number of hydrogen-bond donors (Lipinski definition) is 0. The van der Waals surface area contributed by atoms with Crippen LogP contribution in [-0.2, 0) is 18.9 Å². The minimum atomic E-state index is -0.299. The Kier molecular flexibility index (Phi) is 4.48. The zero-order valence-electron chi connectivity index (χ0n) is 11.1. The van der Waals surface area contributed by atoms with E-state index in [9.17, 15) is 0 Å². The second-order valence-corrected chi connectivity index (χ2v) is 5.51. The molecule has 0 saturated heterocycles. The van der Waals surface area contributed by atoms with Crippen molar-refractivity contribution in [2.24, 2.45) is 7.05 Å². The first kappa shape index (κ1) is 14.4. The molecule has 1 aromatic carbocycles. The maximum Gasteiger partial charge on any atom is 0.0836 e. The fourth-order valence-electron chi connectivity index (χ4n) is 2.12. The molecule has 0 unspecified atom stereocenters. The van der Waals surface area contributed by atoms with Crippen LogP contribution in [0.25, 0.3) is 0 Å². The van der Waals surface area contributed by atoms with Gasteiger partial charge in [-0.1, -0.05) is 35.0 Å². The zero-order chi connectivity index (χ0) is 13.9. The van der Waals surface area contributed by atoms with Gasteiger partial charge in [-0.05, 0) is 12.5 Å². The molecule has 5 heteroatoms. The van der Waals surface area contributed by atoms with E-state index in [-0.39, 0.29) is 5.41 Å². The lowest BCUT2D eigenvalue weighted by atomic mass is 9.80. The smallest absolute Gasteiger partial charge is 0.0836 e. The van der Waals surface area contributed by atoms with Gasteiger partial charge in [-0.2, -0.15) is 0 Å². The van der Waals surface area contributed by atoms with Crippen molar-refractivity contribution >= 4 is 23.2 Å². The van der Waals surface area contributed by atoms with Gasteiger partial charge in [0.25, 0.3) is 0 Å². The monoisotopic (exact) mass is 297 g/mol. The third kappa shape index (κ3) is 3.10. The van der Waals surface area contributed by atoms with Gasteiger partial charge in [-0.15, -0.1) is 28.3 Å². The van der Waals surface area contributed by atoms with Gasteiger partial charge in [0.2, 0.25) is 0 Å². The van der Waals surface area contributed by atoms with E-state index in [1.807, 2.05) is 13.2 Å². The highest BCUT2D eigenvalue weighted by molar-refractivity contribution is 6.22. The SMILES string of the molecule is Cc1ccc(C(CCl)(CCl)Cc2cn(C)nn2)cc1. The van der Waals surface area contributed by atoms with Gasteiger partial charge in [0.05, 0.1) is 5.69 Å². The molecule has 0 bridgehead atoms. The molecule has 2 aromatic rings. The maximum atomic E-state index is 6.22. The fraction of sp³-hybridized carbons (Fsp3) is 0.429. The summed E-state index contributed by atoms with van der Waals surface area (Å²) in [6.45, 7) is 2.07. The Labute approximate surface area is 123 Å². The molecule has 2 rings (SSSR count). The highest BCUT2D eigenvalue weighted by Gasteiger charge is 2.32. The number of nitrogens with zero attached hydrogens (tertiary/aromatic N) is 3. The van der Waals surface area contributed by atoms with Crippen molar-refractivity contribution in [1.82, 2.24) is 15.0 Å². The summed E-state index contributed by atoms with van der Waals surface area (Å²) in [7, 11) is 1.85. The average Bonchev–Trinajstić information content (AvgIpc) is 2.82. The average molecular weight is 298 g/mol. The van der Waals surface area contributed by atoms with Gasteiger partial charge in [0, 0.05) is 36.8 Å². The van der Waals surface area contributed by atoms with Gasteiger partial charge in [0.1, 0.15) is 0 Å². The topological polar surface area (TPSA) is 30.7 Å². The molecule has 1 heterocycles.